The second-order valence-corrected chi connectivity index (χ2v) is 5.96. The summed E-state index contributed by atoms with van der Waals surface area (Å²) in [6, 6.07) is 10.0. The molecule has 0 heterocycles. The maximum absolute atomic E-state index is 11.9. The van der Waals surface area contributed by atoms with Crippen LogP contribution < -0.4 is 11.1 Å². The van der Waals surface area contributed by atoms with Crippen LogP contribution >= 0.6 is 0 Å². The molecule has 4 heteroatoms. The first-order valence-electron chi connectivity index (χ1n) is 7.56. The predicted octanol–water partition coefficient (Wildman–Crippen LogP) is 2.27. The van der Waals surface area contributed by atoms with Crippen molar-refractivity contribution in [1.82, 2.24) is 5.32 Å². The van der Waals surface area contributed by atoms with E-state index in [0.717, 1.165) is 12.8 Å². The molecule has 0 spiro atoms. The zero-order valence-electron chi connectivity index (χ0n) is 13.0. The number of rotatable bonds is 9. The second kappa shape index (κ2) is 9.16. The molecule has 0 aliphatic rings. The number of nitrogens with one attached hydrogen (secondary N) is 1. The van der Waals surface area contributed by atoms with Crippen LogP contribution in [0.25, 0.3) is 0 Å². The van der Waals surface area contributed by atoms with Crippen molar-refractivity contribution < 1.29 is 9.59 Å². The summed E-state index contributed by atoms with van der Waals surface area (Å²) in [4.78, 5) is 23.0. The van der Waals surface area contributed by atoms with E-state index in [2.05, 4.69) is 19.2 Å². The molecular weight excluding hydrogens is 264 g/mol. The van der Waals surface area contributed by atoms with Crippen LogP contribution in [0.2, 0.25) is 0 Å². The lowest BCUT2D eigenvalue weighted by atomic mass is 9.91. The maximum Gasteiger partial charge on any atom is 0.220 e. The number of carbonyl (C=O) groups excluding carboxylic acids is 2. The van der Waals surface area contributed by atoms with Crippen molar-refractivity contribution in [2.45, 2.75) is 39.5 Å². The number of hydrogen-bond acceptors (Lipinski definition) is 2. The molecule has 1 aromatic carbocycles. The lowest BCUT2D eigenvalue weighted by molar-refractivity contribution is -0.123. The molecule has 0 aliphatic carbocycles. The predicted molar refractivity (Wildman–Crippen MR) is 84.5 cm³/mol. The third-order valence-electron chi connectivity index (χ3n) is 3.35. The lowest BCUT2D eigenvalue weighted by Gasteiger charge is -2.17. The van der Waals surface area contributed by atoms with Crippen LogP contribution in [-0.2, 0) is 16.0 Å². The van der Waals surface area contributed by atoms with Gasteiger partial charge in [-0.05, 0) is 30.2 Å². The van der Waals surface area contributed by atoms with Gasteiger partial charge in [0.05, 0.1) is 0 Å². The first-order chi connectivity index (χ1) is 9.97. The fourth-order valence-corrected chi connectivity index (χ4v) is 2.52. The van der Waals surface area contributed by atoms with Gasteiger partial charge in [0.15, 0.2) is 0 Å². The fourth-order valence-electron chi connectivity index (χ4n) is 2.52. The average molecular weight is 290 g/mol. The Kier molecular flexibility index (Phi) is 7.51. The summed E-state index contributed by atoms with van der Waals surface area (Å²) in [6.45, 7) is 4.79. The summed E-state index contributed by atoms with van der Waals surface area (Å²) in [7, 11) is 0. The molecule has 116 valence electrons. The van der Waals surface area contributed by atoms with E-state index in [4.69, 9.17) is 5.73 Å². The number of nitrogens with two attached hydrogens (primary N) is 1. The van der Waals surface area contributed by atoms with Gasteiger partial charge in [-0.2, -0.15) is 0 Å². The van der Waals surface area contributed by atoms with Crippen LogP contribution in [0.15, 0.2) is 30.3 Å². The number of amides is 2. The quantitative estimate of drug-likeness (QED) is 0.732. The number of primary amides is 1. The van der Waals surface area contributed by atoms with E-state index in [0.29, 0.717) is 18.9 Å². The summed E-state index contributed by atoms with van der Waals surface area (Å²) in [5, 5.41) is 2.92. The number of carbonyl (C=O) groups is 2. The summed E-state index contributed by atoms with van der Waals surface area (Å²) >= 11 is 0. The molecule has 0 bridgehead atoms. The minimum atomic E-state index is -0.335. The SMILES string of the molecule is CC(C)C[C@@H](CC(N)=O)CC(=O)NCCc1ccccc1. The first-order valence-corrected chi connectivity index (χ1v) is 7.56. The van der Waals surface area contributed by atoms with E-state index in [-0.39, 0.29) is 24.2 Å². The highest BCUT2D eigenvalue weighted by Crippen LogP contribution is 2.18. The van der Waals surface area contributed by atoms with Gasteiger partial charge in [-0.15, -0.1) is 0 Å². The van der Waals surface area contributed by atoms with Gasteiger partial charge in [0.2, 0.25) is 11.8 Å². The lowest BCUT2D eigenvalue weighted by Crippen LogP contribution is -2.29. The average Bonchev–Trinajstić information content (AvgIpc) is 2.38. The van der Waals surface area contributed by atoms with Gasteiger partial charge in [-0.1, -0.05) is 44.2 Å². The summed E-state index contributed by atoms with van der Waals surface area (Å²) < 4.78 is 0. The van der Waals surface area contributed by atoms with Crippen molar-refractivity contribution >= 4 is 11.8 Å². The number of hydrogen-bond donors (Lipinski definition) is 2. The van der Waals surface area contributed by atoms with Gasteiger partial charge in [-0.3, -0.25) is 9.59 Å². The Labute approximate surface area is 127 Å². The summed E-state index contributed by atoms with van der Waals surface area (Å²) in [6.07, 6.45) is 2.31. The van der Waals surface area contributed by atoms with Crippen molar-refractivity contribution in [3.63, 3.8) is 0 Å². The molecule has 1 atom stereocenters. The Bertz CT molecular complexity index is 443. The molecule has 1 rings (SSSR count). The van der Waals surface area contributed by atoms with Crippen LogP contribution in [0, 0.1) is 11.8 Å². The van der Waals surface area contributed by atoms with Gasteiger partial charge in [0, 0.05) is 19.4 Å². The molecule has 0 fully saturated rings. The molecule has 4 nitrogen and oxygen atoms in total. The van der Waals surface area contributed by atoms with Crippen molar-refractivity contribution in [3.05, 3.63) is 35.9 Å². The molecule has 1 aromatic rings. The van der Waals surface area contributed by atoms with E-state index < -0.39 is 0 Å². The first kappa shape index (κ1) is 17.2. The molecule has 0 saturated carbocycles. The molecule has 3 N–H and O–H groups in total. The highest BCUT2D eigenvalue weighted by atomic mass is 16.2. The largest absolute Gasteiger partial charge is 0.370 e. The fraction of sp³-hybridized carbons (Fsp3) is 0.529. The normalized spacial score (nSPS) is 12.1. The molecule has 0 saturated heterocycles. The molecule has 2 amide bonds. The van der Waals surface area contributed by atoms with Gasteiger partial charge >= 0.3 is 0 Å². The van der Waals surface area contributed by atoms with Crippen LogP contribution in [-0.4, -0.2) is 18.4 Å². The van der Waals surface area contributed by atoms with E-state index in [1.807, 2.05) is 30.3 Å². The topological polar surface area (TPSA) is 72.2 Å². The molecule has 0 unspecified atom stereocenters. The van der Waals surface area contributed by atoms with Crippen LogP contribution in [0.5, 0.6) is 0 Å². The Balaban J connectivity index is 2.34. The van der Waals surface area contributed by atoms with E-state index in [1.54, 1.807) is 0 Å². The Morgan fingerprint density at radius 1 is 1.14 bits per heavy atom. The van der Waals surface area contributed by atoms with Gasteiger partial charge in [-0.25, -0.2) is 0 Å². The number of benzene rings is 1. The van der Waals surface area contributed by atoms with Gasteiger partial charge in [0.25, 0.3) is 0 Å². The maximum atomic E-state index is 11.9. The molecule has 21 heavy (non-hydrogen) atoms. The zero-order valence-corrected chi connectivity index (χ0v) is 13.0. The summed E-state index contributed by atoms with van der Waals surface area (Å²) in [5.41, 5.74) is 6.45. The van der Waals surface area contributed by atoms with Crippen LogP contribution in [0.4, 0.5) is 0 Å². The monoisotopic (exact) mass is 290 g/mol. The van der Waals surface area contributed by atoms with E-state index >= 15 is 0 Å². The van der Waals surface area contributed by atoms with Gasteiger partial charge < -0.3 is 11.1 Å². The molecule has 0 aliphatic heterocycles. The van der Waals surface area contributed by atoms with E-state index in [1.165, 1.54) is 5.56 Å². The van der Waals surface area contributed by atoms with Crippen LogP contribution in [0.3, 0.4) is 0 Å². The molecule has 0 aromatic heterocycles. The second-order valence-electron chi connectivity index (χ2n) is 5.96. The zero-order chi connectivity index (χ0) is 15.7. The smallest absolute Gasteiger partial charge is 0.220 e. The minimum Gasteiger partial charge on any atom is -0.370 e. The third kappa shape index (κ3) is 8.12. The standard InChI is InChI=1S/C17H26N2O2/c1-13(2)10-15(11-16(18)20)12-17(21)19-9-8-14-6-4-3-5-7-14/h3-7,13,15H,8-12H2,1-2H3,(H2,18,20)(H,19,21)/t15-/m0/s1. The highest BCUT2D eigenvalue weighted by molar-refractivity contribution is 5.78. The minimum absolute atomic E-state index is 0.00201. The van der Waals surface area contributed by atoms with Crippen molar-refractivity contribution in [3.8, 4) is 0 Å². The van der Waals surface area contributed by atoms with Crippen molar-refractivity contribution in [2.75, 3.05) is 6.54 Å². The Hall–Kier alpha value is -1.84. The van der Waals surface area contributed by atoms with Crippen molar-refractivity contribution in [1.29, 1.82) is 0 Å². The Morgan fingerprint density at radius 2 is 1.81 bits per heavy atom. The van der Waals surface area contributed by atoms with Crippen LogP contribution in [0.1, 0.15) is 38.7 Å². The summed E-state index contributed by atoms with van der Waals surface area (Å²) in [5.74, 6) is 0.154. The Morgan fingerprint density at radius 3 is 2.38 bits per heavy atom. The van der Waals surface area contributed by atoms with E-state index in [9.17, 15) is 9.59 Å². The third-order valence-corrected chi connectivity index (χ3v) is 3.35. The molecular formula is C17H26N2O2. The van der Waals surface area contributed by atoms with Gasteiger partial charge in [0.1, 0.15) is 0 Å². The highest BCUT2D eigenvalue weighted by Gasteiger charge is 2.17. The molecule has 0 radical (unpaired) electrons. The van der Waals surface area contributed by atoms with Crippen molar-refractivity contribution in [2.24, 2.45) is 17.6 Å².